The van der Waals surface area contributed by atoms with Crippen molar-refractivity contribution in [1.29, 1.82) is 0 Å². The van der Waals surface area contributed by atoms with Gasteiger partial charge in [-0.3, -0.25) is 0 Å². The number of benzene rings is 1. The number of hydrogen-bond acceptors (Lipinski definition) is 3. The number of nitrogens with zero attached hydrogens (tertiary/aromatic N) is 1. The highest BCUT2D eigenvalue weighted by molar-refractivity contribution is 6.32. The number of halogens is 2. The molecule has 0 heterocycles. The molecule has 0 saturated heterocycles. The number of nitrogens with two attached hydrogens (primary N) is 1. The van der Waals surface area contributed by atoms with Gasteiger partial charge in [-0.15, -0.1) is 0 Å². The fraction of sp³-hybridized carbons (Fsp3) is 0.500. The van der Waals surface area contributed by atoms with Crippen LogP contribution in [0.4, 0.5) is 4.39 Å². The number of likely N-dealkylation sites (N-methyl/N-ethyl adjacent to an activating group) is 1. The Kier molecular flexibility index (Phi) is 5.68. The summed E-state index contributed by atoms with van der Waals surface area (Å²) >= 11 is 5.87. The highest BCUT2D eigenvalue weighted by Gasteiger charge is 2.12. The monoisotopic (exact) mass is 260 g/mol. The lowest BCUT2D eigenvalue weighted by Crippen LogP contribution is -2.35. The Hall–Kier alpha value is -0.840. The van der Waals surface area contributed by atoms with Gasteiger partial charge in [-0.2, -0.15) is 0 Å². The van der Waals surface area contributed by atoms with E-state index in [1.807, 2.05) is 19.0 Å². The van der Waals surface area contributed by atoms with E-state index < -0.39 is 0 Å². The average molecular weight is 261 g/mol. The van der Waals surface area contributed by atoms with Crippen molar-refractivity contribution < 1.29 is 9.13 Å². The van der Waals surface area contributed by atoms with Crippen molar-refractivity contribution in [1.82, 2.24) is 4.90 Å². The predicted octanol–water partition coefficient (Wildman–Crippen LogP) is 2.14. The molecular formula is C12H18ClFN2O. The summed E-state index contributed by atoms with van der Waals surface area (Å²) in [5.74, 6) is 0.130. The molecule has 96 valence electrons. The van der Waals surface area contributed by atoms with Crippen LogP contribution in [-0.2, 0) is 0 Å². The maximum absolute atomic E-state index is 12.8. The normalized spacial score (nSPS) is 12.8. The predicted molar refractivity (Wildman–Crippen MR) is 68.1 cm³/mol. The molecule has 5 heteroatoms. The fourth-order valence-electron chi connectivity index (χ4n) is 1.46. The lowest BCUT2D eigenvalue weighted by atomic mass is 10.2. The van der Waals surface area contributed by atoms with Crippen LogP contribution >= 0.6 is 11.6 Å². The standard InChI is InChI=1S/C12H18ClFN2O/c1-16(2)10(5-6-15)8-17-12-4-3-9(14)7-11(12)13/h3-4,7,10H,5-6,8,15H2,1-2H3. The van der Waals surface area contributed by atoms with E-state index in [1.54, 1.807) is 0 Å². The van der Waals surface area contributed by atoms with Crippen molar-refractivity contribution in [2.75, 3.05) is 27.2 Å². The first-order chi connectivity index (χ1) is 8.04. The molecule has 0 spiro atoms. The molecule has 0 aromatic heterocycles. The first kappa shape index (κ1) is 14.2. The molecule has 1 aromatic rings. The lowest BCUT2D eigenvalue weighted by molar-refractivity contribution is 0.179. The van der Waals surface area contributed by atoms with Gasteiger partial charge in [-0.1, -0.05) is 11.6 Å². The third-order valence-electron chi connectivity index (χ3n) is 2.56. The van der Waals surface area contributed by atoms with Crippen molar-refractivity contribution in [2.45, 2.75) is 12.5 Å². The van der Waals surface area contributed by atoms with Crippen molar-refractivity contribution >= 4 is 11.6 Å². The quantitative estimate of drug-likeness (QED) is 0.852. The van der Waals surface area contributed by atoms with E-state index in [1.165, 1.54) is 18.2 Å². The Morgan fingerprint density at radius 2 is 2.18 bits per heavy atom. The third kappa shape index (κ3) is 4.50. The van der Waals surface area contributed by atoms with Gasteiger partial charge in [0.1, 0.15) is 18.2 Å². The molecule has 17 heavy (non-hydrogen) atoms. The molecule has 0 bridgehead atoms. The Bertz CT molecular complexity index is 360. The maximum Gasteiger partial charge on any atom is 0.138 e. The molecule has 0 aliphatic heterocycles. The van der Waals surface area contributed by atoms with Crippen LogP contribution in [0.2, 0.25) is 5.02 Å². The van der Waals surface area contributed by atoms with Crippen LogP contribution < -0.4 is 10.5 Å². The molecule has 0 aliphatic carbocycles. The van der Waals surface area contributed by atoms with Crippen LogP contribution in [0.5, 0.6) is 5.75 Å². The Morgan fingerprint density at radius 1 is 1.47 bits per heavy atom. The van der Waals surface area contributed by atoms with E-state index in [-0.39, 0.29) is 16.9 Å². The minimum absolute atomic E-state index is 0.223. The van der Waals surface area contributed by atoms with Gasteiger partial charge in [-0.05, 0) is 45.3 Å². The summed E-state index contributed by atoms with van der Waals surface area (Å²) in [5, 5.41) is 0.287. The lowest BCUT2D eigenvalue weighted by Gasteiger charge is -2.24. The van der Waals surface area contributed by atoms with E-state index in [4.69, 9.17) is 22.1 Å². The SMILES string of the molecule is CN(C)C(CCN)COc1ccc(F)cc1Cl. The summed E-state index contributed by atoms with van der Waals surface area (Å²) in [4.78, 5) is 2.05. The first-order valence-electron chi connectivity index (χ1n) is 5.49. The molecule has 1 rings (SSSR count). The number of rotatable bonds is 6. The van der Waals surface area contributed by atoms with E-state index in [9.17, 15) is 4.39 Å². The second-order valence-electron chi connectivity index (χ2n) is 4.08. The summed E-state index contributed by atoms with van der Waals surface area (Å²) in [6.45, 7) is 1.08. The molecular weight excluding hydrogens is 243 g/mol. The molecule has 1 unspecified atom stereocenters. The van der Waals surface area contributed by atoms with Gasteiger partial charge in [-0.25, -0.2) is 4.39 Å². The highest BCUT2D eigenvalue weighted by atomic mass is 35.5. The van der Waals surface area contributed by atoms with Crippen molar-refractivity contribution in [2.24, 2.45) is 5.73 Å². The highest BCUT2D eigenvalue weighted by Crippen LogP contribution is 2.25. The summed E-state index contributed by atoms with van der Waals surface area (Å²) < 4.78 is 18.4. The molecule has 0 aliphatic rings. The van der Waals surface area contributed by atoms with Crippen LogP contribution in [-0.4, -0.2) is 38.2 Å². The average Bonchev–Trinajstić information content (AvgIpc) is 2.25. The number of ether oxygens (including phenoxy) is 1. The van der Waals surface area contributed by atoms with Crippen molar-refractivity contribution in [3.63, 3.8) is 0 Å². The molecule has 2 N–H and O–H groups in total. The third-order valence-corrected chi connectivity index (χ3v) is 2.85. The minimum atomic E-state index is -0.367. The Balaban J connectivity index is 2.59. The molecule has 0 saturated carbocycles. The summed E-state index contributed by atoms with van der Waals surface area (Å²) in [6.07, 6.45) is 0.839. The van der Waals surface area contributed by atoms with E-state index in [2.05, 4.69) is 0 Å². The van der Waals surface area contributed by atoms with Crippen LogP contribution in [0.3, 0.4) is 0 Å². The zero-order valence-electron chi connectivity index (χ0n) is 10.1. The van der Waals surface area contributed by atoms with Gasteiger partial charge in [0, 0.05) is 6.04 Å². The first-order valence-corrected chi connectivity index (χ1v) is 5.86. The summed E-state index contributed by atoms with van der Waals surface area (Å²) in [7, 11) is 3.94. The van der Waals surface area contributed by atoms with Gasteiger partial charge >= 0.3 is 0 Å². The smallest absolute Gasteiger partial charge is 0.138 e. The molecule has 0 radical (unpaired) electrons. The molecule has 0 amide bonds. The number of hydrogen-bond donors (Lipinski definition) is 1. The second kappa shape index (κ2) is 6.79. The van der Waals surface area contributed by atoms with Crippen LogP contribution in [0, 0.1) is 5.82 Å². The van der Waals surface area contributed by atoms with Crippen molar-refractivity contribution in [3.8, 4) is 5.75 Å². The Labute approximate surface area is 106 Å². The van der Waals surface area contributed by atoms with Crippen LogP contribution in [0.25, 0.3) is 0 Å². The van der Waals surface area contributed by atoms with Gasteiger partial charge in [0.25, 0.3) is 0 Å². The van der Waals surface area contributed by atoms with E-state index in [0.29, 0.717) is 18.9 Å². The molecule has 1 atom stereocenters. The molecule has 3 nitrogen and oxygen atoms in total. The molecule has 1 aromatic carbocycles. The maximum atomic E-state index is 12.8. The topological polar surface area (TPSA) is 38.5 Å². The Morgan fingerprint density at radius 3 is 2.71 bits per heavy atom. The molecule has 0 fully saturated rings. The van der Waals surface area contributed by atoms with Crippen LogP contribution in [0.15, 0.2) is 18.2 Å². The fourth-order valence-corrected chi connectivity index (χ4v) is 1.68. The largest absolute Gasteiger partial charge is 0.490 e. The van der Waals surface area contributed by atoms with E-state index >= 15 is 0 Å². The van der Waals surface area contributed by atoms with Gasteiger partial charge in [0.2, 0.25) is 0 Å². The second-order valence-corrected chi connectivity index (χ2v) is 4.49. The zero-order chi connectivity index (χ0) is 12.8. The van der Waals surface area contributed by atoms with Gasteiger partial charge in [0.05, 0.1) is 5.02 Å². The van der Waals surface area contributed by atoms with Crippen LogP contribution in [0.1, 0.15) is 6.42 Å². The summed E-state index contributed by atoms with van der Waals surface area (Å²) in [5.41, 5.74) is 5.53. The minimum Gasteiger partial charge on any atom is -0.490 e. The van der Waals surface area contributed by atoms with Gasteiger partial charge in [0.15, 0.2) is 0 Å². The van der Waals surface area contributed by atoms with E-state index in [0.717, 1.165) is 6.42 Å². The zero-order valence-corrected chi connectivity index (χ0v) is 10.9. The van der Waals surface area contributed by atoms with Gasteiger partial charge < -0.3 is 15.4 Å². The summed E-state index contributed by atoms with van der Waals surface area (Å²) in [6, 6.07) is 4.33. The van der Waals surface area contributed by atoms with Crippen molar-refractivity contribution in [3.05, 3.63) is 29.0 Å².